The van der Waals surface area contributed by atoms with Crippen molar-refractivity contribution in [1.82, 2.24) is 5.06 Å². The molecule has 0 aliphatic rings. The van der Waals surface area contributed by atoms with Crippen LogP contribution in [0.25, 0.3) is 0 Å². The highest BCUT2D eigenvalue weighted by atomic mass is 16.5. The molecule has 41 valence electrons. The van der Waals surface area contributed by atoms with Gasteiger partial charge in [-0.15, -0.1) is 0 Å². The van der Waals surface area contributed by atoms with Gasteiger partial charge in [0, 0.05) is 6.92 Å². The third-order valence-electron chi connectivity index (χ3n) is 0.567. The van der Waals surface area contributed by atoms with Gasteiger partial charge < -0.3 is 0 Å². The van der Waals surface area contributed by atoms with E-state index in [9.17, 15) is 4.79 Å². The van der Waals surface area contributed by atoms with Crippen LogP contribution in [0, 0.1) is 6.54 Å². The Morgan fingerprint density at radius 1 is 1.86 bits per heavy atom. The highest BCUT2D eigenvalue weighted by molar-refractivity contribution is 5.72. The Morgan fingerprint density at radius 2 is 2.29 bits per heavy atom. The van der Waals surface area contributed by atoms with Crippen LogP contribution >= 0.6 is 0 Å². The highest BCUT2D eigenvalue weighted by Crippen LogP contribution is 1.83. The Labute approximate surface area is 42.5 Å². The van der Waals surface area contributed by atoms with Crippen LogP contribution in [-0.2, 0) is 4.79 Å². The Hall–Kier alpha value is -0.570. The van der Waals surface area contributed by atoms with Crippen molar-refractivity contribution >= 4 is 5.91 Å². The van der Waals surface area contributed by atoms with E-state index in [1.807, 2.05) is 0 Å². The normalized spacial score (nSPS) is 8.43. The number of hydrogen-bond acceptors (Lipinski definition) is 2. The maximum Gasteiger partial charge on any atom is 0.243 e. The molecule has 0 aliphatic heterocycles. The van der Waals surface area contributed by atoms with Crippen LogP contribution in [0.15, 0.2) is 0 Å². The maximum absolute atomic E-state index is 10.0. The second-order valence-corrected chi connectivity index (χ2v) is 1.12. The standard InChI is InChI=1S/C4H8NO2/c1-3-5(7)4(2)6/h3,7H,1-2H3. The molecule has 0 heterocycles. The van der Waals surface area contributed by atoms with E-state index in [0.29, 0.717) is 5.06 Å². The molecule has 0 fully saturated rings. The predicted octanol–water partition coefficient (Wildman–Crippen LogP) is 0.406. The summed E-state index contributed by atoms with van der Waals surface area (Å²) in [5.41, 5.74) is 0. The molecule has 3 heteroatoms. The fourth-order valence-electron chi connectivity index (χ4n) is 0.182. The number of carbonyl (C=O) groups excluding carboxylic acids is 1. The summed E-state index contributed by atoms with van der Waals surface area (Å²) in [4.78, 5) is 10.0. The fraction of sp³-hybridized carbons (Fsp3) is 0.500. The Kier molecular flexibility index (Phi) is 2.37. The van der Waals surface area contributed by atoms with E-state index in [2.05, 4.69) is 0 Å². The van der Waals surface area contributed by atoms with E-state index in [0.717, 1.165) is 0 Å². The molecular weight excluding hydrogens is 94.0 g/mol. The molecule has 0 unspecified atom stereocenters. The smallest absolute Gasteiger partial charge is 0.243 e. The van der Waals surface area contributed by atoms with Gasteiger partial charge in [0.15, 0.2) is 0 Å². The zero-order chi connectivity index (χ0) is 5.86. The van der Waals surface area contributed by atoms with Gasteiger partial charge in [0.05, 0.1) is 6.54 Å². The number of amides is 1. The minimum Gasteiger partial charge on any atom is -0.286 e. The summed E-state index contributed by atoms with van der Waals surface area (Å²) in [7, 11) is 0. The summed E-state index contributed by atoms with van der Waals surface area (Å²) in [6.45, 7) is 4.13. The Morgan fingerprint density at radius 3 is 2.29 bits per heavy atom. The van der Waals surface area contributed by atoms with Gasteiger partial charge >= 0.3 is 0 Å². The lowest BCUT2D eigenvalue weighted by Gasteiger charge is -2.05. The average Bonchev–Trinajstić information content (AvgIpc) is 1.65. The summed E-state index contributed by atoms with van der Waals surface area (Å²) >= 11 is 0. The van der Waals surface area contributed by atoms with E-state index in [1.165, 1.54) is 13.5 Å². The lowest BCUT2D eigenvalue weighted by Crippen LogP contribution is -2.19. The maximum atomic E-state index is 10.0. The molecule has 0 rings (SSSR count). The first-order valence-electron chi connectivity index (χ1n) is 1.96. The van der Waals surface area contributed by atoms with Crippen molar-refractivity contribution in [3.8, 4) is 0 Å². The first-order chi connectivity index (χ1) is 3.18. The molecule has 0 spiro atoms. The van der Waals surface area contributed by atoms with Gasteiger partial charge in [-0.2, -0.15) is 0 Å². The van der Waals surface area contributed by atoms with Gasteiger partial charge in [-0.1, -0.05) is 0 Å². The number of nitrogens with zero attached hydrogens (tertiary/aromatic N) is 1. The van der Waals surface area contributed by atoms with Crippen LogP contribution < -0.4 is 0 Å². The van der Waals surface area contributed by atoms with Gasteiger partial charge in [-0.3, -0.25) is 10.0 Å². The van der Waals surface area contributed by atoms with Crippen LogP contribution in [0.4, 0.5) is 0 Å². The summed E-state index contributed by atoms with van der Waals surface area (Å²) in [6, 6.07) is 0. The molecule has 0 aromatic heterocycles. The van der Waals surface area contributed by atoms with E-state index in [-0.39, 0.29) is 5.91 Å². The van der Waals surface area contributed by atoms with Crippen molar-refractivity contribution in [2.75, 3.05) is 0 Å². The van der Waals surface area contributed by atoms with E-state index in [4.69, 9.17) is 5.21 Å². The Balaban J connectivity index is 3.34. The van der Waals surface area contributed by atoms with Crippen molar-refractivity contribution in [1.29, 1.82) is 0 Å². The second-order valence-electron chi connectivity index (χ2n) is 1.12. The molecule has 0 bridgehead atoms. The zero-order valence-corrected chi connectivity index (χ0v) is 4.38. The summed E-state index contributed by atoms with van der Waals surface area (Å²) in [5, 5.41) is 8.89. The molecule has 1 radical (unpaired) electrons. The van der Waals surface area contributed by atoms with Crippen molar-refractivity contribution in [3.05, 3.63) is 6.54 Å². The van der Waals surface area contributed by atoms with E-state index >= 15 is 0 Å². The van der Waals surface area contributed by atoms with Crippen molar-refractivity contribution in [2.45, 2.75) is 13.8 Å². The minimum absolute atomic E-state index is 0.373. The summed E-state index contributed by atoms with van der Waals surface area (Å²) in [6.07, 6.45) is 0. The monoisotopic (exact) mass is 102 g/mol. The zero-order valence-electron chi connectivity index (χ0n) is 4.38. The Bertz CT molecular complexity index is 72.1. The van der Waals surface area contributed by atoms with Gasteiger partial charge in [-0.25, -0.2) is 5.06 Å². The van der Waals surface area contributed by atoms with Crippen molar-refractivity contribution < 1.29 is 10.0 Å². The molecular formula is C4H8NO2. The molecule has 0 atom stereocenters. The van der Waals surface area contributed by atoms with Crippen LogP contribution in [-0.4, -0.2) is 16.2 Å². The first-order valence-corrected chi connectivity index (χ1v) is 1.96. The van der Waals surface area contributed by atoms with Gasteiger partial charge in [0.2, 0.25) is 5.91 Å². The molecule has 0 aromatic carbocycles. The highest BCUT2D eigenvalue weighted by Gasteiger charge is 1.97. The topological polar surface area (TPSA) is 40.5 Å². The largest absolute Gasteiger partial charge is 0.286 e. The molecule has 7 heavy (non-hydrogen) atoms. The number of rotatable bonds is 1. The third kappa shape index (κ3) is 2.17. The molecule has 1 N–H and O–H groups in total. The fourth-order valence-corrected chi connectivity index (χ4v) is 0.182. The van der Waals surface area contributed by atoms with Gasteiger partial charge in [-0.05, 0) is 6.92 Å². The van der Waals surface area contributed by atoms with Crippen LogP contribution in [0.5, 0.6) is 0 Å². The molecule has 3 nitrogen and oxygen atoms in total. The molecule has 1 amide bonds. The van der Waals surface area contributed by atoms with Gasteiger partial charge in [0.25, 0.3) is 0 Å². The van der Waals surface area contributed by atoms with E-state index < -0.39 is 0 Å². The second kappa shape index (κ2) is 2.58. The molecule has 0 aliphatic carbocycles. The molecule has 0 saturated heterocycles. The minimum atomic E-state index is -0.373. The summed E-state index contributed by atoms with van der Waals surface area (Å²) < 4.78 is 0. The first kappa shape index (κ1) is 6.43. The number of hydroxylamine groups is 2. The quantitative estimate of drug-likeness (QED) is 0.384. The summed E-state index contributed by atoms with van der Waals surface area (Å²) in [5.74, 6) is -0.373. The SMILES string of the molecule is C[CH]N(O)C(C)=O. The predicted molar refractivity (Wildman–Crippen MR) is 24.3 cm³/mol. The lowest BCUT2D eigenvalue weighted by atomic mass is 10.6. The van der Waals surface area contributed by atoms with Crippen LogP contribution in [0.2, 0.25) is 0 Å². The molecule has 0 saturated carbocycles. The van der Waals surface area contributed by atoms with Gasteiger partial charge in [0.1, 0.15) is 0 Å². The number of hydrogen-bond donors (Lipinski definition) is 1. The van der Waals surface area contributed by atoms with E-state index in [1.54, 1.807) is 6.92 Å². The third-order valence-corrected chi connectivity index (χ3v) is 0.567. The van der Waals surface area contributed by atoms with Crippen molar-refractivity contribution in [2.24, 2.45) is 0 Å². The van der Waals surface area contributed by atoms with Crippen LogP contribution in [0.1, 0.15) is 13.8 Å². The molecule has 0 aromatic rings. The number of carbonyl (C=O) groups is 1. The lowest BCUT2D eigenvalue weighted by molar-refractivity contribution is -0.155. The average molecular weight is 102 g/mol. The van der Waals surface area contributed by atoms with Crippen molar-refractivity contribution in [3.63, 3.8) is 0 Å². The van der Waals surface area contributed by atoms with Crippen LogP contribution in [0.3, 0.4) is 0 Å².